The zero-order valence-corrected chi connectivity index (χ0v) is 15.1. The number of carbonyl (C=O) groups excluding carboxylic acids is 1. The van der Waals surface area contributed by atoms with Crippen LogP contribution in [0.3, 0.4) is 0 Å². The molecule has 0 saturated carbocycles. The predicted molar refractivity (Wildman–Crippen MR) is 97.4 cm³/mol. The third-order valence-electron chi connectivity index (χ3n) is 5.24. The molecule has 0 radical (unpaired) electrons. The van der Waals surface area contributed by atoms with E-state index in [2.05, 4.69) is 27.4 Å². The van der Waals surface area contributed by atoms with E-state index < -0.39 is 0 Å². The summed E-state index contributed by atoms with van der Waals surface area (Å²) < 4.78 is 0. The Balaban J connectivity index is 1.46. The molecule has 1 amide bonds. The highest BCUT2D eigenvalue weighted by Crippen LogP contribution is 2.26. The van der Waals surface area contributed by atoms with Crippen LogP contribution in [0, 0.1) is 11.8 Å². The zero-order chi connectivity index (χ0) is 16.9. The number of halogens is 1. The molecule has 2 saturated heterocycles. The SMILES string of the molecule is CC(CC(=O)NC1CCN(c2ncccc2Cl)C1)C1CCCNC1. The van der Waals surface area contributed by atoms with Gasteiger partial charge in [-0.05, 0) is 56.3 Å². The number of hydrogen-bond acceptors (Lipinski definition) is 4. The van der Waals surface area contributed by atoms with E-state index in [4.69, 9.17) is 11.6 Å². The Morgan fingerprint density at radius 1 is 1.54 bits per heavy atom. The summed E-state index contributed by atoms with van der Waals surface area (Å²) in [5.74, 6) is 2.04. The quantitative estimate of drug-likeness (QED) is 0.856. The molecular weight excluding hydrogens is 324 g/mol. The Morgan fingerprint density at radius 2 is 2.42 bits per heavy atom. The van der Waals surface area contributed by atoms with Crippen LogP contribution < -0.4 is 15.5 Å². The molecular formula is C18H27ClN4O. The molecule has 0 spiro atoms. The lowest BCUT2D eigenvalue weighted by atomic mass is 9.85. The Morgan fingerprint density at radius 3 is 3.17 bits per heavy atom. The number of rotatable bonds is 5. The number of hydrogen-bond donors (Lipinski definition) is 2. The van der Waals surface area contributed by atoms with Gasteiger partial charge in [-0.15, -0.1) is 0 Å². The van der Waals surface area contributed by atoms with E-state index in [1.54, 1.807) is 6.20 Å². The molecule has 6 heteroatoms. The van der Waals surface area contributed by atoms with E-state index >= 15 is 0 Å². The number of carbonyl (C=O) groups is 1. The first-order chi connectivity index (χ1) is 11.6. The van der Waals surface area contributed by atoms with Gasteiger partial charge in [0.05, 0.1) is 5.02 Å². The smallest absolute Gasteiger partial charge is 0.220 e. The number of piperidine rings is 1. The van der Waals surface area contributed by atoms with Crippen molar-refractivity contribution in [2.45, 2.75) is 38.6 Å². The van der Waals surface area contributed by atoms with Crippen molar-refractivity contribution in [1.82, 2.24) is 15.6 Å². The molecule has 0 aromatic carbocycles. The van der Waals surface area contributed by atoms with Gasteiger partial charge < -0.3 is 15.5 Å². The maximum absolute atomic E-state index is 12.4. The van der Waals surface area contributed by atoms with Gasteiger partial charge in [0.2, 0.25) is 5.91 Å². The summed E-state index contributed by atoms with van der Waals surface area (Å²) >= 11 is 6.22. The second kappa shape index (κ2) is 8.17. The Labute approximate surface area is 149 Å². The lowest BCUT2D eigenvalue weighted by Crippen LogP contribution is -2.40. The Kier molecular flexibility index (Phi) is 5.95. The van der Waals surface area contributed by atoms with Gasteiger partial charge in [-0.1, -0.05) is 18.5 Å². The van der Waals surface area contributed by atoms with Gasteiger partial charge in [0.25, 0.3) is 0 Å². The minimum absolute atomic E-state index is 0.173. The van der Waals surface area contributed by atoms with Gasteiger partial charge in [0.1, 0.15) is 5.82 Å². The zero-order valence-electron chi connectivity index (χ0n) is 14.3. The van der Waals surface area contributed by atoms with E-state index in [1.165, 1.54) is 12.8 Å². The lowest BCUT2D eigenvalue weighted by Gasteiger charge is -2.28. The van der Waals surface area contributed by atoms with Crippen molar-refractivity contribution in [3.8, 4) is 0 Å². The van der Waals surface area contributed by atoms with Crippen LogP contribution in [-0.2, 0) is 4.79 Å². The average molecular weight is 351 g/mol. The minimum Gasteiger partial charge on any atom is -0.353 e. The van der Waals surface area contributed by atoms with Crippen LogP contribution in [-0.4, -0.2) is 43.1 Å². The molecule has 3 unspecified atom stereocenters. The number of nitrogens with zero attached hydrogens (tertiary/aromatic N) is 2. The highest BCUT2D eigenvalue weighted by atomic mass is 35.5. The molecule has 2 aliphatic heterocycles. The van der Waals surface area contributed by atoms with Crippen LogP contribution >= 0.6 is 11.6 Å². The molecule has 5 nitrogen and oxygen atoms in total. The van der Waals surface area contributed by atoms with Crippen LogP contribution in [0.25, 0.3) is 0 Å². The third-order valence-corrected chi connectivity index (χ3v) is 5.53. The molecule has 2 N–H and O–H groups in total. The van der Waals surface area contributed by atoms with Crippen molar-refractivity contribution in [3.05, 3.63) is 23.4 Å². The minimum atomic E-state index is 0.173. The largest absolute Gasteiger partial charge is 0.353 e. The normalized spacial score (nSPS) is 25.5. The second-order valence-corrected chi connectivity index (χ2v) is 7.50. The van der Waals surface area contributed by atoms with Gasteiger partial charge in [0.15, 0.2) is 0 Å². The Hall–Kier alpha value is -1.33. The highest BCUT2D eigenvalue weighted by molar-refractivity contribution is 6.32. The van der Waals surface area contributed by atoms with Crippen molar-refractivity contribution in [3.63, 3.8) is 0 Å². The van der Waals surface area contributed by atoms with Crippen LogP contribution in [0.2, 0.25) is 5.02 Å². The molecule has 24 heavy (non-hydrogen) atoms. The van der Waals surface area contributed by atoms with Crippen molar-refractivity contribution in [2.75, 3.05) is 31.1 Å². The monoisotopic (exact) mass is 350 g/mol. The summed E-state index contributed by atoms with van der Waals surface area (Å²) in [7, 11) is 0. The maximum atomic E-state index is 12.4. The van der Waals surface area contributed by atoms with Gasteiger partial charge in [-0.3, -0.25) is 4.79 Å². The summed E-state index contributed by atoms with van der Waals surface area (Å²) in [6.45, 7) is 6.02. The molecule has 3 atom stereocenters. The van der Waals surface area contributed by atoms with Crippen LogP contribution in [0.1, 0.15) is 32.6 Å². The van der Waals surface area contributed by atoms with Gasteiger partial charge in [-0.25, -0.2) is 4.98 Å². The van der Waals surface area contributed by atoms with E-state index in [0.29, 0.717) is 23.3 Å². The van der Waals surface area contributed by atoms with Crippen molar-refractivity contribution < 1.29 is 4.79 Å². The fourth-order valence-corrected chi connectivity index (χ4v) is 4.03. The van der Waals surface area contributed by atoms with Crippen molar-refractivity contribution in [1.29, 1.82) is 0 Å². The van der Waals surface area contributed by atoms with E-state index in [-0.39, 0.29) is 11.9 Å². The predicted octanol–water partition coefficient (Wildman–Crippen LogP) is 2.46. The molecule has 0 aliphatic carbocycles. The third kappa shape index (κ3) is 4.39. The molecule has 0 bridgehead atoms. The second-order valence-electron chi connectivity index (χ2n) is 7.10. The number of anilines is 1. The van der Waals surface area contributed by atoms with E-state index in [0.717, 1.165) is 38.4 Å². The van der Waals surface area contributed by atoms with Crippen molar-refractivity contribution in [2.24, 2.45) is 11.8 Å². The fourth-order valence-electron chi connectivity index (χ4n) is 3.79. The first-order valence-electron chi connectivity index (χ1n) is 8.99. The van der Waals surface area contributed by atoms with Crippen molar-refractivity contribution >= 4 is 23.3 Å². The van der Waals surface area contributed by atoms with Crippen LogP contribution in [0.15, 0.2) is 18.3 Å². The number of aromatic nitrogens is 1. The number of amides is 1. The molecule has 1 aromatic rings. The Bertz CT molecular complexity index is 562. The summed E-state index contributed by atoms with van der Waals surface area (Å²) in [6.07, 6.45) is 5.77. The van der Waals surface area contributed by atoms with E-state index in [1.807, 2.05) is 12.1 Å². The van der Waals surface area contributed by atoms with Crippen LogP contribution in [0.4, 0.5) is 5.82 Å². The molecule has 2 fully saturated rings. The van der Waals surface area contributed by atoms with E-state index in [9.17, 15) is 4.79 Å². The fraction of sp³-hybridized carbons (Fsp3) is 0.667. The topological polar surface area (TPSA) is 57.3 Å². The van der Waals surface area contributed by atoms with Crippen LogP contribution in [0.5, 0.6) is 0 Å². The first-order valence-corrected chi connectivity index (χ1v) is 9.37. The maximum Gasteiger partial charge on any atom is 0.220 e. The molecule has 132 valence electrons. The highest BCUT2D eigenvalue weighted by Gasteiger charge is 2.27. The molecule has 3 rings (SSSR count). The average Bonchev–Trinajstić information content (AvgIpc) is 3.04. The molecule has 3 heterocycles. The van der Waals surface area contributed by atoms with Gasteiger partial charge in [-0.2, -0.15) is 0 Å². The lowest BCUT2D eigenvalue weighted by molar-refractivity contribution is -0.122. The summed E-state index contributed by atoms with van der Waals surface area (Å²) in [5, 5.41) is 7.30. The summed E-state index contributed by atoms with van der Waals surface area (Å²) in [4.78, 5) is 18.9. The molecule has 2 aliphatic rings. The first kappa shape index (κ1) is 17.5. The summed E-state index contributed by atoms with van der Waals surface area (Å²) in [6, 6.07) is 3.88. The standard InChI is InChI=1S/C18H27ClN4O/c1-13(14-4-2-7-20-11-14)10-17(24)22-15-6-9-23(12-15)18-16(19)5-3-8-21-18/h3,5,8,13-15,20H,2,4,6-7,9-12H2,1H3,(H,22,24). The number of nitrogens with one attached hydrogen (secondary N) is 2. The molecule has 1 aromatic heterocycles. The van der Waals surface area contributed by atoms with Gasteiger partial charge in [0, 0.05) is 31.7 Å². The summed E-state index contributed by atoms with van der Waals surface area (Å²) in [5.41, 5.74) is 0. The van der Waals surface area contributed by atoms with Gasteiger partial charge >= 0.3 is 0 Å². The number of pyridine rings is 1.